The predicted molar refractivity (Wildman–Crippen MR) is 82.2 cm³/mol. The van der Waals surface area contributed by atoms with E-state index in [-0.39, 0.29) is 11.1 Å². The van der Waals surface area contributed by atoms with Gasteiger partial charge >= 0.3 is 5.90 Å². The summed E-state index contributed by atoms with van der Waals surface area (Å²) >= 11 is 0. The fourth-order valence-corrected chi connectivity index (χ4v) is 4.16. The van der Waals surface area contributed by atoms with E-state index in [0.717, 1.165) is 12.3 Å². The SMILES string of the molecule is CC(C)C1=[N+](C(C)C)[C@]2(C)c3ccccc3C[C@]2(C)O1. The van der Waals surface area contributed by atoms with Crippen molar-refractivity contribution in [3.05, 3.63) is 35.4 Å². The molecule has 0 amide bonds. The fraction of sp³-hybridized carbons (Fsp3) is 0.611. The van der Waals surface area contributed by atoms with E-state index in [9.17, 15) is 0 Å². The Labute approximate surface area is 122 Å². The summed E-state index contributed by atoms with van der Waals surface area (Å²) in [4.78, 5) is 0. The van der Waals surface area contributed by atoms with Crippen molar-refractivity contribution in [2.75, 3.05) is 0 Å². The zero-order chi connectivity index (χ0) is 14.7. The van der Waals surface area contributed by atoms with Gasteiger partial charge in [0.25, 0.3) is 0 Å². The molecule has 0 N–H and O–H groups in total. The van der Waals surface area contributed by atoms with Gasteiger partial charge in [0.1, 0.15) is 0 Å². The van der Waals surface area contributed by atoms with Crippen molar-refractivity contribution in [1.82, 2.24) is 0 Å². The van der Waals surface area contributed by atoms with Crippen LogP contribution in [0.1, 0.15) is 52.7 Å². The zero-order valence-electron chi connectivity index (χ0n) is 13.5. The third-order valence-electron chi connectivity index (χ3n) is 5.16. The van der Waals surface area contributed by atoms with Gasteiger partial charge in [-0.1, -0.05) is 24.3 Å². The lowest BCUT2D eigenvalue weighted by molar-refractivity contribution is -0.639. The summed E-state index contributed by atoms with van der Waals surface area (Å²) in [7, 11) is 0. The molecule has 0 saturated heterocycles. The number of rotatable bonds is 2. The van der Waals surface area contributed by atoms with Gasteiger partial charge in [-0.2, -0.15) is 4.58 Å². The standard InChI is InChI=1S/C18H26NO/c1-12(2)16-19(13(3)4)18(6)15-10-8-7-9-14(15)11-17(18,5)20-16/h7-10,12-13H,11H2,1-6H3/q+1/t17-,18+/m0/s1. The van der Waals surface area contributed by atoms with Crippen LogP contribution in [-0.2, 0) is 16.7 Å². The summed E-state index contributed by atoms with van der Waals surface area (Å²) in [5.74, 6) is 1.57. The molecule has 1 aromatic rings. The van der Waals surface area contributed by atoms with Crippen LogP contribution in [0.15, 0.2) is 24.3 Å². The first kappa shape index (κ1) is 13.7. The van der Waals surface area contributed by atoms with Crippen molar-refractivity contribution >= 4 is 5.90 Å². The molecule has 1 heterocycles. The Morgan fingerprint density at radius 2 is 1.75 bits per heavy atom. The van der Waals surface area contributed by atoms with Gasteiger partial charge in [-0.3, -0.25) is 0 Å². The van der Waals surface area contributed by atoms with Gasteiger partial charge < -0.3 is 4.74 Å². The van der Waals surface area contributed by atoms with Crippen LogP contribution in [-0.4, -0.2) is 22.1 Å². The van der Waals surface area contributed by atoms with Gasteiger partial charge in [0.2, 0.25) is 5.54 Å². The highest BCUT2D eigenvalue weighted by molar-refractivity contribution is 5.76. The van der Waals surface area contributed by atoms with E-state index in [1.165, 1.54) is 11.1 Å². The van der Waals surface area contributed by atoms with Crippen LogP contribution in [0.25, 0.3) is 0 Å². The van der Waals surface area contributed by atoms with Gasteiger partial charge in [-0.25, -0.2) is 0 Å². The highest BCUT2D eigenvalue weighted by atomic mass is 16.5. The monoisotopic (exact) mass is 272 g/mol. The minimum absolute atomic E-state index is 0.0582. The molecular weight excluding hydrogens is 246 g/mol. The highest BCUT2D eigenvalue weighted by Gasteiger charge is 2.68. The largest absolute Gasteiger partial charge is 0.433 e. The molecule has 0 aromatic heterocycles. The second-order valence-corrected chi connectivity index (χ2v) is 7.20. The van der Waals surface area contributed by atoms with E-state index in [1.807, 2.05) is 0 Å². The Morgan fingerprint density at radius 3 is 2.35 bits per heavy atom. The normalized spacial score (nSPS) is 31.8. The summed E-state index contributed by atoms with van der Waals surface area (Å²) in [5.41, 5.74) is 2.66. The van der Waals surface area contributed by atoms with Crippen LogP contribution >= 0.6 is 0 Å². The molecular formula is C18H26NO+. The van der Waals surface area contributed by atoms with Gasteiger partial charge in [0.15, 0.2) is 11.6 Å². The van der Waals surface area contributed by atoms with E-state index in [0.29, 0.717) is 12.0 Å². The average Bonchev–Trinajstić information content (AvgIpc) is 2.71. The minimum atomic E-state index is -0.152. The fourth-order valence-electron chi connectivity index (χ4n) is 4.16. The molecule has 0 radical (unpaired) electrons. The first-order valence-corrected chi connectivity index (χ1v) is 7.75. The first-order valence-electron chi connectivity index (χ1n) is 7.75. The average molecular weight is 272 g/mol. The molecule has 3 rings (SSSR count). The lowest BCUT2D eigenvalue weighted by Crippen LogP contribution is -2.49. The summed E-state index contributed by atoms with van der Waals surface area (Å²) < 4.78 is 9.05. The molecule has 2 heteroatoms. The zero-order valence-corrected chi connectivity index (χ0v) is 13.5. The van der Waals surface area contributed by atoms with E-state index < -0.39 is 0 Å². The molecule has 0 bridgehead atoms. The molecule has 20 heavy (non-hydrogen) atoms. The molecule has 1 aliphatic heterocycles. The Balaban J connectivity index is 2.27. The number of nitrogens with zero attached hydrogens (tertiary/aromatic N) is 1. The van der Waals surface area contributed by atoms with Gasteiger partial charge in [-0.15, -0.1) is 0 Å². The predicted octanol–water partition coefficient (Wildman–Crippen LogP) is 3.72. The molecule has 1 aliphatic carbocycles. The van der Waals surface area contributed by atoms with Crippen molar-refractivity contribution in [1.29, 1.82) is 0 Å². The number of hydrogen-bond acceptors (Lipinski definition) is 1. The van der Waals surface area contributed by atoms with Crippen LogP contribution in [0.4, 0.5) is 0 Å². The second-order valence-electron chi connectivity index (χ2n) is 7.20. The van der Waals surface area contributed by atoms with Crippen LogP contribution in [0.3, 0.4) is 0 Å². The molecule has 2 aliphatic rings. The van der Waals surface area contributed by atoms with Crippen LogP contribution in [0.5, 0.6) is 0 Å². The topological polar surface area (TPSA) is 12.2 Å². The summed E-state index contributed by atoms with van der Waals surface area (Å²) in [6, 6.07) is 9.26. The van der Waals surface area contributed by atoms with Gasteiger partial charge in [0, 0.05) is 18.9 Å². The maximum atomic E-state index is 6.54. The number of benzene rings is 1. The van der Waals surface area contributed by atoms with Crippen molar-refractivity contribution in [2.45, 2.75) is 65.1 Å². The van der Waals surface area contributed by atoms with E-state index in [2.05, 4.69) is 70.4 Å². The molecule has 2 atom stereocenters. The number of fused-ring (bicyclic) bond motifs is 3. The van der Waals surface area contributed by atoms with Crippen LogP contribution in [0.2, 0.25) is 0 Å². The Kier molecular flexibility index (Phi) is 2.80. The Bertz CT molecular complexity index is 587. The van der Waals surface area contributed by atoms with Crippen molar-refractivity contribution in [3.8, 4) is 0 Å². The number of ether oxygens (including phenoxy) is 1. The maximum absolute atomic E-state index is 6.54. The quantitative estimate of drug-likeness (QED) is 0.747. The minimum Gasteiger partial charge on any atom is -0.433 e. The Hall–Kier alpha value is -1.31. The Morgan fingerprint density at radius 1 is 1.10 bits per heavy atom. The molecule has 0 spiro atoms. The molecule has 0 fully saturated rings. The third kappa shape index (κ3) is 1.48. The molecule has 0 unspecified atom stereocenters. The molecule has 108 valence electrons. The molecule has 2 nitrogen and oxygen atoms in total. The van der Waals surface area contributed by atoms with Gasteiger partial charge in [-0.05, 0) is 40.2 Å². The van der Waals surface area contributed by atoms with E-state index in [4.69, 9.17) is 4.74 Å². The summed E-state index contributed by atoms with van der Waals surface area (Å²) in [6.45, 7) is 13.6. The highest BCUT2D eigenvalue weighted by Crippen LogP contribution is 2.52. The van der Waals surface area contributed by atoms with Crippen LogP contribution < -0.4 is 0 Å². The summed E-state index contributed by atoms with van der Waals surface area (Å²) in [5, 5.41) is 0. The van der Waals surface area contributed by atoms with Crippen molar-refractivity contribution in [3.63, 3.8) is 0 Å². The lowest BCUT2D eigenvalue weighted by Gasteiger charge is -2.30. The van der Waals surface area contributed by atoms with Crippen molar-refractivity contribution in [2.24, 2.45) is 5.92 Å². The summed E-state index contributed by atoms with van der Waals surface area (Å²) in [6.07, 6.45) is 0.999. The van der Waals surface area contributed by atoms with E-state index >= 15 is 0 Å². The van der Waals surface area contributed by atoms with Gasteiger partial charge in [0.05, 0.1) is 5.92 Å². The van der Waals surface area contributed by atoms with Crippen LogP contribution in [0, 0.1) is 5.92 Å². The number of hydrogen-bond donors (Lipinski definition) is 0. The third-order valence-corrected chi connectivity index (χ3v) is 5.16. The lowest BCUT2D eigenvalue weighted by atomic mass is 9.82. The first-order chi connectivity index (χ1) is 9.31. The smallest absolute Gasteiger partial charge is 0.340 e. The second kappa shape index (κ2) is 4.09. The molecule has 0 saturated carbocycles. The maximum Gasteiger partial charge on any atom is 0.340 e. The van der Waals surface area contributed by atoms with E-state index in [1.54, 1.807) is 0 Å². The molecule has 1 aromatic carbocycles. The van der Waals surface area contributed by atoms with Crippen molar-refractivity contribution < 1.29 is 9.31 Å².